The molecule has 3 aliphatic rings. The zero-order valence-electron chi connectivity index (χ0n) is 15.0. The number of nitrogens with one attached hydrogen (secondary N) is 1. The summed E-state index contributed by atoms with van der Waals surface area (Å²) in [5, 5.41) is 12.4. The topological polar surface area (TPSA) is 83.8 Å². The molecule has 1 aliphatic carbocycles. The number of benzene rings is 1. The molecule has 2 N–H and O–H groups in total. The summed E-state index contributed by atoms with van der Waals surface area (Å²) >= 11 is 6.29. The molecule has 0 bridgehead atoms. The van der Waals surface area contributed by atoms with Crippen LogP contribution in [0.3, 0.4) is 0 Å². The predicted molar refractivity (Wildman–Crippen MR) is 102 cm³/mol. The molecule has 2 aliphatic heterocycles. The van der Waals surface area contributed by atoms with E-state index < -0.39 is 22.8 Å². The van der Waals surface area contributed by atoms with E-state index in [1.165, 1.54) is 6.20 Å². The Kier molecular flexibility index (Phi) is 4.12. The van der Waals surface area contributed by atoms with E-state index in [9.17, 15) is 14.7 Å². The van der Waals surface area contributed by atoms with Gasteiger partial charge < -0.3 is 24.6 Å². The van der Waals surface area contributed by atoms with E-state index in [0.717, 1.165) is 19.4 Å². The van der Waals surface area contributed by atoms with E-state index in [1.54, 1.807) is 10.6 Å². The Bertz CT molecular complexity index is 1040. The Hall–Kier alpha value is -2.16. The summed E-state index contributed by atoms with van der Waals surface area (Å²) < 4.78 is 22.7. The van der Waals surface area contributed by atoms with Gasteiger partial charge in [0, 0.05) is 31.9 Å². The smallest absolute Gasteiger partial charge is 0.341 e. The number of aromatic carboxylic acids is 1. The maximum absolute atomic E-state index is 15.2. The number of halogens is 2. The standard InChI is InChI=1S/C19H19ClFN3O4/c20-16-15-12(24(9-1-2-9)6-10(18(15)25)19(26)27)5-13(17(16)21)23-7-11-14(8-23)28-4-3-22-11/h5-6,9,11,14,22H,1-4,7-8H2,(H,26,27). The van der Waals surface area contributed by atoms with Crippen molar-refractivity contribution in [2.75, 3.05) is 31.1 Å². The van der Waals surface area contributed by atoms with Crippen molar-refractivity contribution in [2.45, 2.75) is 31.0 Å². The predicted octanol–water partition coefficient (Wildman–Crippen LogP) is 2.00. The zero-order valence-corrected chi connectivity index (χ0v) is 15.7. The van der Waals surface area contributed by atoms with Gasteiger partial charge in [0.2, 0.25) is 5.43 Å². The first-order valence-corrected chi connectivity index (χ1v) is 9.73. The molecule has 0 amide bonds. The second-order valence-electron chi connectivity index (χ2n) is 7.61. The van der Waals surface area contributed by atoms with Crippen LogP contribution in [0, 0.1) is 5.82 Å². The minimum atomic E-state index is -1.34. The van der Waals surface area contributed by atoms with E-state index in [2.05, 4.69) is 5.32 Å². The highest BCUT2D eigenvalue weighted by molar-refractivity contribution is 6.36. The van der Waals surface area contributed by atoms with Gasteiger partial charge in [-0.2, -0.15) is 0 Å². The number of carbonyl (C=O) groups is 1. The van der Waals surface area contributed by atoms with Crippen LogP contribution in [-0.4, -0.2) is 54.0 Å². The molecule has 1 aromatic carbocycles. The monoisotopic (exact) mass is 407 g/mol. The number of carboxylic acids is 1. The molecule has 2 atom stereocenters. The van der Waals surface area contributed by atoms with E-state index in [4.69, 9.17) is 16.3 Å². The number of anilines is 1. The van der Waals surface area contributed by atoms with Crippen LogP contribution < -0.4 is 15.6 Å². The number of morpholine rings is 1. The van der Waals surface area contributed by atoms with Crippen LogP contribution in [0.2, 0.25) is 5.02 Å². The van der Waals surface area contributed by atoms with Gasteiger partial charge in [-0.15, -0.1) is 0 Å². The summed E-state index contributed by atoms with van der Waals surface area (Å²) in [7, 11) is 0. The minimum Gasteiger partial charge on any atom is -0.477 e. The Labute approximate surface area is 164 Å². The summed E-state index contributed by atoms with van der Waals surface area (Å²) in [4.78, 5) is 26.1. The Morgan fingerprint density at radius 2 is 2.14 bits per heavy atom. The van der Waals surface area contributed by atoms with Crippen LogP contribution in [0.4, 0.5) is 10.1 Å². The molecular weight excluding hydrogens is 389 g/mol. The fraction of sp³-hybridized carbons (Fsp3) is 0.474. The average molecular weight is 408 g/mol. The van der Waals surface area contributed by atoms with Crippen molar-refractivity contribution in [1.82, 2.24) is 9.88 Å². The lowest BCUT2D eigenvalue weighted by molar-refractivity contribution is 0.0212. The second kappa shape index (κ2) is 6.43. The molecule has 2 saturated heterocycles. The van der Waals surface area contributed by atoms with Gasteiger partial charge in [0.05, 0.1) is 40.4 Å². The molecular formula is C19H19ClFN3O4. The fourth-order valence-electron chi connectivity index (χ4n) is 4.25. The number of rotatable bonds is 3. The maximum atomic E-state index is 15.2. The number of nitrogens with zero attached hydrogens (tertiary/aromatic N) is 2. The SMILES string of the molecule is O=C(O)c1cn(C2CC2)c2cc(N3CC4NCCOC4C3)c(F)c(Cl)c2c1=O. The van der Waals surface area contributed by atoms with Crippen LogP contribution in [0.25, 0.3) is 10.9 Å². The molecule has 3 heterocycles. The van der Waals surface area contributed by atoms with Gasteiger partial charge in [0.15, 0.2) is 5.82 Å². The molecule has 9 heteroatoms. The summed E-state index contributed by atoms with van der Waals surface area (Å²) in [6, 6.07) is 1.84. The van der Waals surface area contributed by atoms with Crippen LogP contribution >= 0.6 is 11.6 Å². The number of hydrogen-bond donors (Lipinski definition) is 2. The quantitative estimate of drug-likeness (QED) is 0.809. The number of fused-ring (bicyclic) bond motifs is 2. The first kappa shape index (κ1) is 17.9. The molecule has 7 nitrogen and oxygen atoms in total. The van der Waals surface area contributed by atoms with Crippen molar-refractivity contribution in [3.05, 3.63) is 38.9 Å². The first-order valence-electron chi connectivity index (χ1n) is 9.35. The van der Waals surface area contributed by atoms with E-state index in [1.807, 2.05) is 4.90 Å². The number of ether oxygens (including phenoxy) is 1. The summed E-state index contributed by atoms with van der Waals surface area (Å²) in [6.45, 7) is 2.48. The average Bonchev–Trinajstić information content (AvgIpc) is 3.42. The Morgan fingerprint density at radius 1 is 1.36 bits per heavy atom. The molecule has 1 saturated carbocycles. The lowest BCUT2D eigenvalue weighted by Crippen LogP contribution is -2.47. The van der Waals surface area contributed by atoms with Gasteiger partial charge >= 0.3 is 5.97 Å². The van der Waals surface area contributed by atoms with Gasteiger partial charge in [-0.25, -0.2) is 9.18 Å². The highest BCUT2D eigenvalue weighted by Crippen LogP contribution is 2.40. The van der Waals surface area contributed by atoms with E-state index in [-0.39, 0.29) is 28.6 Å². The fourth-order valence-corrected chi connectivity index (χ4v) is 4.53. The molecule has 1 aromatic heterocycles. The molecule has 5 rings (SSSR count). The maximum Gasteiger partial charge on any atom is 0.341 e. The molecule has 0 spiro atoms. The van der Waals surface area contributed by atoms with Crippen LogP contribution in [0.15, 0.2) is 17.1 Å². The molecule has 148 valence electrons. The lowest BCUT2D eigenvalue weighted by atomic mass is 10.1. The summed E-state index contributed by atoms with van der Waals surface area (Å²) in [5.41, 5.74) is -0.356. The molecule has 3 fully saturated rings. The van der Waals surface area contributed by atoms with Gasteiger partial charge in [0.1, 0.15) is 5.56 Å². The molecule has 28 heavy (non-hydrogen) atoms. The van der Waals surface area contributed by atoms with Crippen LogP contribution in [0.5, 0.6) is 0 Å². The van der Waals surface area contributed by atoms with Crippen LogP contribution in [-0.2, 0) is 4.74 Å². The molecule has 0 radical (unpaired) electrons. The van der Waals surface area contributed by atoms with Gasteiger partial charge in [-0.3, -0.25) is 4.79 Å². The zero-order chi connectivity index (χ0) is 19.6. The third kappa shape index (κ3) is 2.70. The van der Waals surface area contributed by atoms with Crippen molar-refractivity contribution in [2.24, 2.45) is 0 Å². The highest BCUT2D eigenvalue weighted by Gasteiger charge is 2.37. The van der Waals surface area contributed by atoms with E-state index in [0.29, 0.717) is 30.9 Å². The Morgan fingerprint density at radius 3 is 2.82 bits per heavy atom. The third-order valence-electron chi connectivity index (χ3n) is 5.80. The van der Waals surface area contributed by atoms with Gasteiger partial charge in [-0.05, 0) is 18.9 Å². The normalized spacial score (nSPS) is 24.6. The lowest BCUT2D eigenvalue weighted by Gasteiger charge is -2.25. The number of aromatic nitrogens is 1. The molecule has 2 unspecified atom stereocenters. The van der Waals surface area contributed by atoms with Gasteiger partial charge in [0.25, 0.3) is 0 Å². The van der Waals surface area contributed by atoms with Crippen molar-refractivity contribution in [3.8, 4) is 0 Å². The van der Waals surface area contributed by atoms with Crippen molar-refractivity contribution in [3.63, 3.8) is 0 Å². The second-order valence-corrected chi connectivity index (χ2v) is 7.99. The van der Waals surface area contributed by atoms with E-state index >= 15 is 4.39 Å². The Balaban J connectivity index is 1.69. The number of hydrogen-bond acceptors (Lipinski definition) is 5. The third-order valence-corrected chi connectivity index (χ3v) is 6.16. The molecule has 2 aromatic rings. The first-order chi connectivity index (χ1) is 13.5. The van der Waals surface area contributed by atoms with Crippen molar-refractivity contribution < 1.29 is 19.0 Å². The summed E-state index contributed by atoms with van der Waals surface area (Å²) in [5.74, 6) is -2.04. The van der Waals surface area contributed by atoms with Crippen LogP contribution in [0.1, 0.15) is 29.2 Å². The largest absolute Gasteiger partial charge is 0.477 e. The van der Waals surface area contributed by atoms with Gasteiger partial charge in [-0.1, -0.05) is 11.6 Å². The highest BCUT2D eigenvalue weighted by atomic mass is 35.5. The number of pyridine rings is 1. The van der Waals surface area contributed by atoms with Crippen molar-refractivity contribution >= 4 is 34.2 Å². The minimum absolute atomic E-state index is 0.0253. The van der Waals surface area contributed by atoms with Crippen molar-refractivity contribution in [1.29, 1.82) is 0 Å². The number of carboxylic acid groups (broad SMARTS) is 1. The summed E-state index contributed by atoms with van der Waals surface area (Å²) in [6.07, 6.45) is 3.10.